The number of anilines is 1. The second-order valence-corrected chi connectivity index (χ2v) is 6.83. The second kappa shape index (κ2) is 7.43. The monoisotopic (exact) mass is 404 g/mol. The van der Waals surface area contributed by atoms with E-state index in [1.165, 1.54) is 11.6 Å². The van der Waals surface area contributed by atoms with Crippen molar-refractivity contribution in [3.8, 4) is 5.75 Å². The molecule has 148 valence electrons. The van der Waals surface area contributed by atoms with Gasteiger partial charge in [-0.15, -0.1) is 0 Å². The summed E-state index contributed by atoms with van der Waals surface area (Å²) in [5.41, 5.74) is 6.99. The second-order valence-electron chi connectivity index (χ2n) is 6.43. The van der Waals surface area contributed by atoms with Crippen LogP contribution in [0.4, 0.5) is 5.95 Å². The van der Waals surface area contributed by atoms with Crippen molar-refractivity contribution < 1.29 is 4.74 Å². The number of ether oxygens (including phenoxy) is 1. The fourth-order valence-corrected chi connectivity index (χ4v) is 2.81. The zero-order valence-electron chi connectivity index (χ0n) is 16.0. The maximum atomic E-state index is 12.4. The number of aromatic nitrogens is 4. The Labute approximate surface area is 165 Å². The lowest BCUT2D eigenvalue weighted by molar-refractivity contribution is 0.345. The van der Waals surface area contributed by atoms with E-state index >= 15 is 0 Å². The Morgan fingerprint density at radius 2 is 1.93 bits per heavy atom. The van der Waals surface area contributed by atoms with Crippen molar-refractivity contribution in [1.29, 1.82) is 0 Å². The van der Waals surface area contributed by atoms with E-state index in [0.29, 0.717) is 33.6 Å². The van der Waals surface area contributed by atoms with Crippen LogP contribution in [-0.2, 0) is 21.1 Å². The molecule has 0 radical (unpaired) electrons. The van der Waals surface area contributed by atoms with Gasteiger partial charge in [-0.1, -0.05) is 18.2 Å². The van der Waals surface area contributed by atoms with E-state index in [2.05, 4.69) is 22.4 Å². The molecule has 1 aromatic carbocycles. The molecule has 0 amide bonds. The van der Waals surface area contributed by atoms with Crippen molar-refractivity contribution in [2.45, 2.75) is 6.92 Å². The van der Waals surface area contributed by atoms with Gasteiger partial charge in [0.15, 0.2) is 11.2 Å². The summed E-state index contributed by atoms with van der Waals surface area (Å²) in [6.07, 6.45) is 0. The Morgan fingerprint density at radius 3 is 2.61 bits per heavy atom. The number of rotatable bonds is 6. The van der Waals surface area contributed by atoms with E-state index in [1.807, 2.05) is 13.0 Å². The fraction of sp³-hybridized carbons (Fsp3) is 0.278. The summed E-state index contributed by atoms with van der Waals surface area (Å²) >= 11 is 6.00. The van der Waals surface area contributed by atoms with Crippen LogP contribution < -0.4 is 26.8 Å². The highest BCUT2D eigenvalue weighted by Crippen LogP contribution is 2.21. The van der Waals surface area contributed by atoms with E-state index in [9.17, 15) is 9.59 Å². The highest BCUT2D eigenvalue weighted by Gasteiger charge is 2.16. The maximum Gasteiger partial charge on any atom is 0.332 e. The number of aryl methyl sites for hydroxylation is 3. The van der Waals surface area contributed by atoms with Gasteiger partial charge in [-0.3, -0.25) is 24.8 Å². The molecule has 9 nitrogen and oxygen atoms in total. The molecule has 0 aliphatic rings. The third-order valence-corrected chi connectivity index (χ3v) is 4.79. The zero-order chi connectivity index (χ0) is 20.6. The van der Waals surface area contributed by atoms with Crippen LogP contribution >= 0.6 is 11.6 Å². The number of hydrogen-bond acceptors (Lipinski definition) is 6. The molecule has 0 saturated heterocycles. The molecule has 0 aliphatic heterocycles. The van der Waals surface area contributed by atoms with Gasteiger partial charge in [-0.2, -0.15) is 4.98 Å². The minimum absolute atomic E-state index is 0.207. The largest absolute Gasteiger partial charge is 0.487 e. The first-order valence-electron chi connectivity index (χ1n) is 8.42. The topological polar surface area (TPSA) is 95.1 Å². The van der Waals surface area contributed by atoms with E-state index in [0.717, 1.165) is 10.1 Å². The molecule has 10 heteroatoms. The molecule has 3 rings (SSSR count). The summed E-state index contributed by atoms with van der Waals surface area (Å²) in [4.78, 5) is 28.8. The first-order valence-corrected chi connectivity index (χ1v) is 8.79. The smallest absolute Gasteiger partial charge is 0.332 e. The van der Waals surface area contributed by atoms with Crippen molar-refractivity contribution in [3.05, 3.63) is 61.9 Å². The van der Waals surface area contributed by atoms with Gasteiger partial charge in [0.25, 0.3) is 5.56 Å². The summed E-state index contributed by atoms with van der Waals surface area (Å²) in [6.45, 7) is 5.99. The molecule has 28 heavy (non-hydrogen) atoms. The van der Waals surface area contributed by atoms with E-state index in [1.54, 1.807) is 30.8 Å². The Kier molecular flexibility index (Phi) is 5.19. The lowest BCUT2D eigenvalue weighted by atomic mass is 10.2. The quantitative estimate of drug-likeness (QED) is 0.604. The first-order chi connectivity index (χ1) is 13.2. The molecule has 2 aromatic heterocycles. The number of imidazole rings is 1. The molecule has 3 aromatic rings. The van der Waals surface area contributed by atoms with Crippen LogP contribution in [0.5, 0.6) is 5.75 Å². The van der Waals surface area contributed by atoms with Crippen LogP contribution in [0.1, 0.15) is 5.56 Å². The molecule has 0 bridgehead atoms. The average Bonchev–Trinajstić information content (AvgIpc) is 3.00. The highest BCUT2D eigenvalue weighted by molar-refractivity contribution is 6.31. The number of hydrazine groups is 1. The van der Waals surface area contributed by atoms with Crippen molar-refractivity contribution in [2.75, 3.05) is 12.0 Å². The van der Waals surface area contributed by atoms with Gasteiger partial charge in [-0.05, 0) is 30.7 Å². The number of halogens is 1. The third kappa shape index (κ3) is 3.48. The molecule has 0 atom stereocenters. The van der Waals surface area contributed by atoms with E-state index < -0.39 is 11.2 Å². The summed E-state index contributed by atoms with van der Waals surface area (Å²) < 4.78 is 9.60. The molecular weight excluding hydrogens is 384 g/mol. The van der Waals surface area contributed by atoms with Crippen LogP contribution in [0.3, 0.4) is 0 Å². The van der Waals surface area contributed by atoms with Crippen molar-refractivity contribution >= 4 is 28.7 Å². The third-order valence-electron chi connectivity index (χ3n) is 4.37. The van der Waals surface area contributed by atoms with Crippen LogP contribution in [-0.4, -0.2) is 25.3 Å². The standard InChI is InChI=1S/C18H21ClN6O3/c1-10-8-12(6-7-13(10)19)28-9-11(2)21-22-17-20-15-14(23(17)3)16(26)25(5)18(27)24(15)4/h6-8,21H,2,9H2,1,3-5H3,(H,20,22). The summed E-state index contributed by atoms with van der Waals surface area (Å²) in [7, 11) is 4.68. The normalized spacial score (nSPS) is 10.9. The average molecular weight is 405 g/mol. The minimum Gasteiger partial charge on any atom is -0.487 e. The summed E-state index contributed by atoms with van der Waals surface area (Å²) in [6, 6.07) is 5.38. The van der Waals surface area contributed by atoms with Crippen LogP contribution in [0.25, 0.3) is 11.2 Å². The molecule has 2 N–H and O–H groups in total. The number of benzene rings is 1. The predicted octanol–water partition coefficient (Wildman–Crippen LogP) is 1.44. The Bertz CT molecular complexity index is 1190. The van der Waals surface area contributed by atoms with Crippen molar-refractivity contribution in [2.24, 2.45) is 21.1 Å². The maximum absolute atomic E-state index is 12.4. The lowest BCUT2D eigenvalue weighted by Gasteiger charge is -2.13. The van der Waals surface area contributed by atoms with Crippen LogP contribution in [0.2, 0.25) is 5.02 Å². The van der Waals surface area contributed by atoms with Gasteiger partial charge in [-0.25, -0.2) is 4.79 Å². The minimum atomic E-state index is -0.439. The van der Waals surface area contributed by atoms with Crippen LogP contribution in [0.15, 0.2) is 40.1 Å². The Balaban J connectivity index is 1.72. The SMILES string of the molecule is C=C(COc1ccc(Cl)c(C)c1)NNc1nc2c(c(=O)n(C)c(=O)n2C)n1C. The summed E-state index contributed by atoms with van der Waals surface area (Å²) in [5.74, 6) is 1.03. The van der Waals surface area contributed by atoms with Gasteiger partial charge < -0.3 is 9.30 Å². The van der Waals surface area contributed by atoms with Gasteiger partial charge in [0, 0.05) is 26.2 Å². The number of hydrogen-bond donors (Lipinski definition) is 2. The lowest BCUT2D eigenvalue weighted by Crippen LogP contribution is -2.37. The highest BCUT2D eigenvalue weighted by atomic mass is 35.5. The molecule has 0 unspecified atom stereocenters. The first kappa shape index (κ1) is 19.6. The van der Waals surface area contributed by atoms with E-state index in [-0.39, 0.29) is 6.61 Å². The number of fused-ring (bicyclic) bond motifs is 1. The molecule has 0 fully saturated rings. The van der Waals surface area contributed by atoms with E-state index in [4.69, 9.17) is 16.3 Å². The van der Waals surface area contributed by atoms with Gasteiger partial charge in [0.05, 0.1) is 5.70 Å². The summed E-state index contributed by atoms with van der Waals surface area (Å²) in [5, 5.41) is 0.674. The fourth-order valence-electron chi connectivity index (χ4n) is 2.69. The van der Waals surface area contributed by atoms with Crippen LogP contribution in [0, 0.1) is 6.92 Å². The molecule has 0 aliphatic carbocycles. The van der Waals surface area contributed by atoms with Gasteiger partial charge in [0.2, 0.25) is 5.95 Å². The van der Waals surface area contributed by atoms with Crippen molar-refractivity contribution in [1.82, 2.24) is 24.1 Å². The Morgan fingerprint density at radius 1 is 1.21 bits per heavy atom. The number of nitrogens with one attached hydrogen (secondary N) is 2. The molecule has 2 heterocycles. The number of nitrogens with zero attached hydrogens (tertiary/aromatic N) is 4. The molecule has 0 saturated carbocycles. The van der Waals surface area contributed by atoms with Gasteiger partial charge in [0.1, 0.15) is 12.4 Å². The molecular formula is C18H21ClN6O3. The van der Waals surface area contributed by atoms with Gasteiger partial charge >= 0.3 is 5.69 Å². The predicted molar refractivity (Wildman–Crippen MR) is 109 cm³/mol. The zero-order valence-corrected chi connectivity index (χ0v) is 16.8. The Hall–Kier alpha value is -3.20. The van der Waals surface area contributed by atoms with Crippen molar-refractivity contribution in [3.63, 3.8) is 0 Å². The molecule has 0 spiro atoms.